The number of nitrogens with two attached hydrogens (primary N) is 1. The van der Waals surface area contributed by atoms with Crippen LogP contribution in [0.4, 0.5) is 5.69 Å². The molecule has 26 heavy (non-hydrogen) atoms. The molecule has 0 saturated heterocycles. The molecule has 0 aromatic heterocycles. The van der Waals surface area contributed by atoms with Crippen LogP contribution in [-0.4, -0.2) is 14.3 Å². The number of para-hydroxylation sites is 1. The Labute approximate surface area is 160 Å². The maximum Gasteiger partial charge on any atom is 0.256 e. The van der Waals surface area contributed by atoms with Crippen molar-refractivity contribution >= 4 is 37.5 Å². The summed E-state index contributed by atoms with van der Waals surface area (Å²) in [7, 11) is -3.90. The number of hydrogen-bond acceptors (Lipinski definition) is 3. The first-order valence-electron chi connectivity index (χ1n) is 7.64. The summed E-state index contributed by atoms with van der Waals surface area (Å²) in [6, 6.07) is 21.1. The Morgan fingerprint density at radius 3 is 2.27 bits per heavy atom. The van der Waals surface area contributed by atoms with Crippen LogP contribution in [0.15, 0.2) is 82.2 Å². The number of hydrogen-bond donors (Lipinski definition) is 2. The fourth-order valence-corrected chi connectivity index (χ4v) is 3.47. The van der Waals surface area contributed by atoms with Gasteiger partial charge in [-0.25, -0.2) is 13.6 Å². The molecule has 3 rings (SSSR count). The van der Waals surface area contributed by atoms with Crippen LogP contribution in [-0.2, 0) is 10.0 Å². The van der Waals surface area contributed by atoms with Crippen LogP contribution in [0.2, 0.25) is 0 Å². The average Bonchev–Trinajstić information content (AvgIpc) is 2.62. The van der Waals surface area contributed by atoms with E-state index in [2.05, 4.69) is 21.2 Å². The Balaban J connectivity index is 1.98. The van der Waals surface area contributed by atoms with Crippen molar-refractivity contribution in [2.75, 3.05) is 5.32 Å². The van der Waals surface area contributed by atoms with Crippen molar-refractivity contribution in [3.8, 4) is 11.1 Å². The summed E-state index contributed by atoms with van der Waals surface area (Å²) < 4.78 is 23.6. The van der Waals surface area contributed by atoms with Crippen LogP contribution in [0, 0.1) is 0 Å². The van der Waals surface area contributed by atoms with Crippen LogP contribution in [0.1, 0.15) is 10.4 Å². The number of primary sulfonamides is 1. The number of nitrogens with one attached hydrogen (secondary N) is 1. The van der Waals surface area contributed by atoms with Gasteiger partial charge in [0.25, 0.3) is 5.91 Å². The molecule has 0 fully saturated rings. The van der Waals surface area contributed by atoms with Crippen molar-refractivity contribution in [1.82, 2.24) is 0 Å². The van der Waals surface area contributed by atoms with E-state index in [-0.39, 0.29) is 10.5 Å². The van der Waals surface area contributed by atoms with Gasteiger partial charge < -0.3 is 5.32 Å². The van der Waals surface area contributed by atoms with E-state index in [0.29, 0.717) is 10.2 Å². The molecule has 0 unspecified atom stereocenters. The first-order valence-corrected chi connectivity index (χ1v) is 9.98. The van der Waals surface area contributed by atoms with Gasteiger partial charge in [-0.2, -0.15) is 0 Å². The molecule has 3 N–H and O–H groups in total. The molecule has 5 nitrogen and oxygen atoms in total. The summed E-state index contributed by atoms with van der Waals surface area (Å²) in [5, 5.41) is 7.99. The fourth-order valence-electron chi connectivity index (χ4n) is 2.51. The number of carbonyl (C=O) groups is 1. The second-order valence-corrected chi connectivity index (χ2v) is 7.97. The van der Waals surface area contributed by atoms with Gasteiger partial charge in [-0.3, -0.25) is 4.79 Å². The molecule has 0 spiro atoms. The third-order valence-corrected chi connectivity index (χ3v) is 5.37. The lowest BCUT2D eigenvalue weighted by molar-refractivity contribution is 0.102. The number of anilines is 1. The van der Waals surface area contributed by atoms with Gasteiger partial charge in [0.2, 0.25) is 10.0 Å². The molecule has 0 aliphatic rings. The number of sulfonamides is 1. The van der Waals surface area contributed by atoms with Crippen molar-refractivity contribution in [2.45, 2.75) is 4.90 Å². The Morgan fingerprint density at radius 1 is 0.923 bits per heavy atom. The van der Waals surface area contributed by atoms with E-state index in [1.807, 2.05) is 48.5 Å². The van der Waals surface area contributed by atoms with Gasteiger partial charge in [-0.1, -0.05) is 48.5 Å². The van der Waals surface area contributed by atoms with Crippen LogP contribution in [0.5, 0.6) is 0 Å². The number of amides is 1. The van der Waals surface area contributed by atoms with Crippen molar-refractivity contribution in [1.29, 1.82) is 0 Å². The van der Waals surface area contributed by atoms with Crippen LogP contribution >= 0.6 is 15.9 Å². The maximum atomic E-state index is 12.7. The predicted molar refractivity (Wildman–Crippen MR) is 105 cm³/mol. The van der Waals surface area contributed by atoms with Crippen LogP contribution < -0.4 is 10.5 Å². The number of halogens is 1. The third kappa shape index (κ3) is 4.01. The largest absolute Gasteiger partial charge is 0.321 e. The minimum atomic E-state index is -3.90. The Hall–Kier alpha value is -2.48. The Bertz CT molecular complexity index is 1070. The van der Waals surface area contributed by atoms with Gasteiger partial charge in [0.1, 0.15) is 0 Å². The van der Waals surface area contributed by atoms with Gasteiger partial charge in [0.15, 0.2) is 0 Å². The topological polar surface area (TPSA) is 89.3 Å². The van der Waals surface area contributed by atoms with Crippen molar-refractivity contribution < 1.29 is 13.2 Å². The summed E-state index contributed by atoms with van der Waals surface area (Å²) in [5.74, 6) is -0.439. The molecule has 0 heterocycles. The lowest BCUT2D eigenvalue weighted by Crippen LogP contribution is -2.16. The average molecular weight is 431 g/mol. The molecule has 3 aromatic rings. The summed E-state index contributed by atoms with van der Waals surface area (Å²) in [4.78, 5) is 12.6. The number of rotatable bonds is 4. The summed E-state index contributed by atoms with van der Waals surface area (Å²) >= 11 is 3.28. The first kappa shape index (κ1) is 18.3. The van der Waals surface area contributed by atoms with Crippen LogP contribution in [0.3, 0.4) is 0 Å². The van der Waals surface area contributed by atoms with E-state index in [1.54, 1.807) is 6.07 Å². The number of carbonyl (C=O) groups excluding carboxylic acids is 1. The normalized spacial score (nSPS) is 11.2. The highest BCUT2D eigenvalue weighted by Gasteiger charge is 2.17. The highest BCUT2D eigenvalue weighted by atomic mass is 79.9. The van der Waals surface area contributed by atoms with E-state index in [4.69, 9.17) is 5.14 Å². The molecular formula is C19H15BrN2O3S. The first-order chi connectivity index (χ1) is 12.4. The lowest BCUT2D eigenvalue weighted by Gasteiger charge is -2.12. The summed E-state index contributed by atoms with van der Waals surface area (Å²) in [5.41, 5.74) is 2.62. The fraction of sp³-hybridized carbons (Fsp3) is 0. The zero-order valence-electron chi connectivity index (χ0n) is 13.5. The minimum absolute atomic E-state index is 0.123. The smallest absolute Gasteiger partial charge is 0.256 e. The quantitative estimate of drug-likeness (QED) is 0.654. The van der Waals surface area contributed by atoms with E-state index in [1.165, 1.54) is 18.2 Å². The molecule has 0 atom stereocenters. The van der Waals surface area contributed by atoms with E-state index in [0.717, 1.165) is 11.1 Å². The summed E-state index contributed by atoms with van der Waals surface area (Å²) in [6.45, 7) is 0. The molecule has 0 aliphatic carbocycles. The van der Waals surface area contributed by atoms with E-state index in [9.17, 15) is 13.2 Å². The standard InChI is InChI=1S/C19H15BrN2O3S/c20-17-11-10-14(26(21,24)25)12-16(17)19(23)22-18-9-5-4-8-15(18)13-6-2-1-3-7-13/h1-12H,(H,22,23)(H2,21,24,25). The van der Waals surface area contributed by atoms with Gasteiger partial charge >= 0.3 is 0 Å². The van der Waals surface area contributed by atoms with Crippen molar-refractivity contribution in [3.05, 3.63) is 82.8 Å². The van der Waals surface area contributed by atoms with E-state index >= 15 is 0 Å². The molecule has 1 amide bonds. The second kappa shape index (κ2) is 7.41. The van der Waals surface area contributed by atoms with E-state index < -0.39 is 15.9 Å². The molecular weight excluding hydrogens is 416 g/mol. The Morgan fingerprint density at radius 2 is 1.58 bits per heavy atom. The Kier molecular flexibility index (Phi) is 5.22. The molecule has 132 valence electrons. The molecule has 7 heteroatoms. The zero-order valence-corrected chi connectivity index (χ0v) is 15.9. The van der Waals surface area contributed by atoms with Crippen molar-refractivity contribution in [2.24, 2.45) is 5.14 Å². The highest BCUT2D eigenvalue weighted by molar-refractivity contribution is 9.10. The second-order valence-electron chi connectivity index (χ2n) is 5.55. The lowest BCUT2D eigenvalue weighted by atomic mass is 10.0. The van der Waals surface area contributed by atoms with Gasteiger partial charge in [0.05, 0.1) is 10.5 Å². The summed E-state index contributed by atoms with van der Waals surface area (Å²) in [6.07, 6.45) is 0. The molecule has 0 bridgehead atoms. The highest BCUT2D eigenvalue weighted by Crippen LogP contribution is 2.29. The SMILES string of the molecule is NS(=O)(=O)c1ccc(Br)c(C(=O)Nc2ccccc2-c2ccccc2)c1. The van der Waals surface area contributed by atoms with Crippen LogP contribution in [0.25, 0.3) is 11.1 Å². The molecule has 0 radical (unpaired) electrons. The minimum Gasteiger partial charge on any atom is -0.321 e. The third-order valence-electron chi connectivity index (χ3n) is 3.77. The van der Waals surface area contributed by atoms with Gasteiger partial charge in [-0.15, -0.1) is 0 Å². The molecule has 0 saturated carbocycles. The number of benzene rings is 3. The predicted octanol–water partition coefficient (Wildman–Crippen LogP) is 4.02. The monoisotopic (exact) mass is 430 g/mol. The molecule has 3 aromatic carbocycles. The zero-order chi connectivity index (χ0) is 18.7. The maximum absolute atomic E-state index is 12.7. The molecule has 0 aliphatic heterocycles. The van der Waals surface area contributed by atoms with Gasteiger partial charge in [-0.05, 0) is 45.8 Å². The van der Waals surface area contributed by atoms with Gasteiger partial charge in [0, 0.05) is 15.7 Å². The van der Waals surface area contributed by atoms with Crippen molar-refractivity contribution in [3.63, 3.8) is 0 Å².